The smallest absolute Gasteiger partial charge is 0.260 e. The minimum Gasteiger partial charge on any atom is -0.313 e. The highest BCUT2D eigenvalue weighted by atomic mass is 32.1. The quantitative estimate of drug-likeness (QED) is 0.660. The molecule has 0 fully saturated rings. The summed E-state index contributed by atoms with van der Waals surface area (Å²) in [6.07, 6.45) is 7.81. The Bertz CT molecular complexity index is 1010. The van der Waals surface area contributed by atoms with E-state index >= 15 is 0 Å². The zero-order chi connectivity index (χ0) is 19.5. The van der Waals surface area contributed by atoms with Crippen molar-refractivity contribution >= 4 is 44.6 Å². The normalized spacial score (nSPS) is 13.0. The molecule has 28 heavy (non-hydrogen) atoms. The molecule has 4 rings (SSSR count). The van der Waals surface area contributed by atoms with Gasteiger partial charge in [-0.15, -0.1) is 21.5 Å². The van der Waals surface area contributed by atoms with Gasteiger partial charge in [-0.25, -0.2) is 0 Å². The minimum absolute atomic E-state index is 0.250. The van der Waals surface area contributed by atoms with Crippen LogP contribution < -0.4 is 10.6 Å². The zero-order valence-corrected chi connectivity index (χ0v) is 17.0. The lowest BCUT2D eigenvalue weighted by Gasteiger charge is -2.12. The highest BCUT2D eigenvalue weighted by molar-refractivity contribution is 7.17. The average Bonchev–Trinajstić information content (AvgIpc) is 3.32. The van der Waals surface area contributed by atoms with E-state index in [9.17, 15) is 9.59 Å². The Morgan fingerprint density at radius 2 is 1.96 bits per heavy atom. The van der Waals surface area contributed by atoms with Crippen molar-refractivity contribution in [1.29, 1.82) is 0 Å². The Morgan fingerprint density at radius 3 is 2.71 bits per heavy atom. The molecule has 2 N–H and O–H groups in total. The van der Waals surface area contributed by atoms with Crippen molar-refractivity contribution < 1.29 is 9.59 Å². The molecule has 7 nitrogen and oxygen atoms in total. The van der Waals surface area contributed by atoms with Crippen LogP contribution >= 0.6 is 22.7 Å². The number of nitrogens with one attached hydrogen (secondary N) is 2. The molecule has 0 saturated heterocycles. The van der Waals surface area contributed by atoms with Crippen molar-refractivity contribution in [2.45, 2.75) is 39.0 Å². The lowest BCUT2D eigenvalue weighted by Crippen LogP contribution is -2.18. The fraction of sp³-hybridized carbons (Fsp3) is 0.316. The van der Waals surface area contributed by atoms with E-state index in [0.29, 0.717) is 21.3 Å². The van der Waals surface area contributed by atoms with Gasteiger partial charge in [0.05, 0.1) is 11.1 Å². The molecule has 0 saturated carbocycles. The van der Waals surface area contributed by atoms with E-state index in [1.54, 1.807) is 18.3 Å². The first-order valence-electron chi connectivity index (χ1n) is 9.15. The number of thiophene rings is 1. The first-order chi connectivity index (χ1) is 13.7. The molecule has 0 atom stereocenters. The maximum Gasteiger partial charge on any atom is 0.260 e. The lowest BCUT2D eigenvalue weighted by atomic mass is 9.95. The number of rotatable bonds is 5. The fourth-order valence-corrected chi connectivity index (χ4v) is 5.13. The predicted molar refractivity (Wildman–Crippen MR) is 110 cm³/mol. The minimum atomic E-state index is -0.273. The Kier molecular flexibility index (Phi) is 5.45. The molecule has 0 bridgehead atoms. The van der Waals surface area contributed by atoms with E-state index in [-0.39, 0.29) is 11.8 Å². The molecule has 3 heterocycles. The van der Waals surface area contributed by atoms with E-state index in [0.717, 1.165) is 42.7 Å². The SMILES string of the molecule is CCc1nnc(NC(=O)c2c(NC(=O)c3cccnc3)sc3c2CCCC3)s1. The molecule has 0 unspecified atom stereocenters. The van der Waals surface area contributed by atoms with Gasteiger partial charge in [-0.2, -0.15) is 0 Å². The van der Waals surface area contributed by atoms with Crippen LogP contribution in [0.25, 0.3) is 0 Å². The van der Waals surface area contributed by atoms with Crippen LogP contribution in [-0.2, 0) is 19.3 Å². The summed E-state index contributed by atoms with van der Waals surface area (Å²) in [5, 5.41) is 15.8. The van der Waals surface area contributed by atoms with Crippen LogP contribution in [-0.4, -0.2) is 27.0 Å². The monoisotopic (exact) mass is 413 g/mol. The summed E-state index contributed by atoms with van der Waals surface area (Å²) in [6, 6.07) is 3.41. The molecule has 3 aromatic heterocycles. The van der Waals surface area contributed by atoms with Gasteiger partial charge in [0.2, 0.25) is 5.13 Å². The number of carbonyl (C=O) groups is 2. The molecule has 1 aliphatic carbocycles. The first-order valence-corrected chi connectivity index (χ1v) is 10.8. The van der Waals surface area contributed by atoms with Crippen LogP contribution in [0.5, 0.6) is 0 Å². The molecule has 0 aromatic carbocycles. The van der Waals surface area contributed by atoms with Crippen LogP contribution in [0.2, 0.25) is 0 Å². The number of nitrogens with zero attached hydrogens (tertiary/aromatic N) is 3. The van der Waals surface area contributed by atoms with Crippen LogP contribution in [0, 0.1) is 0 Å². The van der Waals surface area contributed by atoms with E-state index in [1.165, 1.54) is 33.7 Å². The van der Waals surface area contributed by atoms with Gasteiger partial charge < -0.3 is 5.32 Å². The van der Waals surface area contributed by atoms with Gasteiger partial charge >= 0.3 is 0 Å². The van der Waals surface area contributed by atoms with Crippen molar-refractivity contribution in [3.05, 3.63) is 51.1 Å². The first kappa shape index (κ1) is 18.7. The number of aromatic nitrogens is 3. The zero-order valence-electron chi connectivity index (χ0n) is 15.3. The topological polar surface area (TPSA) is 96.9 Å². The predicted octanol–water partition coefficient (Wildman–Crippen LogP) is 3.94. The summed E-state index contributed by atoms with van der Waals surface area (Å²) in [7, 11) is 0. The molecule has 2 amide bonds. The van der Waals surface area contributed by atoms with Crippen LogP contribution in [0.15, 0.2) is 24.5 Å². The van der Waals surface area contributed by atoms with Gasteiger partial charge in [-0.3, -0.25) is 19.9 Å². The number of carbonyl (C=O) groups excluding carboxylic acids is 2. The molecule has 3 aromatic rings. The highest BCUT2D eigenvalue weighted by Crippen LogP contribution is 2.38. The van der Waals surface area contributed by atoms with Crippen molar-refractivity contribution in [3.63, 3.8) is 0 Å². The van der Waals surface area contributed by atoms with E-state index in [4.69, 9.17) is 0 Å². The third-order valence-corrected chi connectivity index (χ3v) is 6.73. The van der Waals surface area contributed by atoms with Gasteiger partial charge in [-0.1, -0.05) is 18.3 Å². The Morgan fingerprint density at radius 1 is 1.11 bits per heavy atom. The molecular weight excluding hydrogens is 394 g/mol. The van der Waals surface area contributed by atoms with Gasteiger partial charge in [0, 0.05) is 17.3 Å². The van der Waals surface area contributed by atoms with E-state index in [1.807, 2.05) is 6.92 Å². The number of hydrogen-bond donors (Lipinski definition) is 2. The van der Waals surface area contributed by atoms with Crippen molar-refractivity contribution in [2.75, 3.05) is 10.6 Å². The average molecular weight is 414 g/mol. The highest BCUT2D eigenvalue weighted by Gasteiger charge is 2.27. The van der Waals surface area contributed by atoms with Gasteiger partial charge in [0.15, 0.2) is 0 Å². The van der Waals surface area contributed by atoms with Crippen LogP contribution in [0.3, 0.4) is 0 Å². The lowest BCUT2D eigenvalue weighted by molar-refractivity contribution is 0.102. The Balaban J connectivity index is 1.64. The Hall–Kier alpha value is -2.65. The fourth-order valence-electron chi connectivity index (χ4n) is 3.17. The second-order valence-corrected chi connectivity index (χ2v) is 8.59. The number of fused-ring (bicyclic) bond motifs is 1. The number of anilines is 2. The van der Waals surface area contributed by atoms with Gasteiger partial charge in [0.1, 0.15) is 10.0 Å². The maximum atomic E-state index is 13.1. The summed E-state index contributed by atoms with van der Waals surface area (Å²) in [5.41, 5.74) is 2.04. The summed E-state index contributed by atoms with van der Waals surface area (Å²) in [5.74, 6) is -0.523. The largest absolute Gasteiger partial charge is 0.313 e. The van der Waals surface area contributed by atoms with Crippen molar-refractivity contribution in [1.82, 2.24) is 15.2 Å². The second kappa shape index (κ2) is 8.15. The number of amides is 2. The van der Waals surface area contributed by atoms with Crippen molar-refractivity contribution in [2.24, 2.45) is 0 Å². The number of aryl methyl sites for hydroxylation is 2. The summed E-state index contributed by atoms with van der Waals surface area (Å²) in [6.45, 7) is 1.99. The molecule has 0 radical (unpaired) electrons. The summed E-state index contributed by atoms with van der Waals surface area (Å²) < 4.78 is 0. The van der Waals surface area contributed by atoms with Crippen LogP contribution in [0.4, 0.5) is 10.1 Å². The maximum absolute atomic E-state index is 13.1. The molecular formula is C19H19N5O2S2. The molecule has 9 heteroatoms. The number of pyridine rings is 1. The van der Waals surface area contributed by atoms with E-state index in [2.05, 4.69) is 25.8 Å². The van der Waals surface area contributed by atoms with Crippen LogP contribution in [0.1, 0.15) is 55.9 Å². The van der Waals surface area contributed by atoms with Gasteiger partial charge in [-0.05, 0) is 49.8 Å². The van der Waals surface area contributed by atoms with E-state index < -0.39 is 0 Å². The molecule has 144 valence electrons. The summed E-state index contributed by atoms with van der Waals surface area (Å²) in [4.78, 5) is 30.8. The standard InChI is InChI=1S/C19H19N5O2S2/c1-2-14-23-24-19(28-14)22-17(26)15-12-7-3-4-8-13(12)27-18(15)21-16(25)11-6-5-9-20-10-11/h5-6,9-10H,2-4,7-8H2,1H3,(H,21,25)(H,22,24,26). The number of hydrogen-bond acceptors (Lipinski definition) is 7. The summed E-state index contributed by atoms with van der Waals surface area (Å²) >= 11 is 2.85. The van der Waals surface area contributed by atoms with Gasteiger partial charge in [0.25, 0.3) is 11.8 Å². The third-order valence-electron chi connectivity index (χ3n) is 4.54. The van der Waals surface area contributed by atoms with Crippen molar-refractivity contribution in [3.8, 4) is 0 Å². The molecule has 1 aliphatic rings. The molecule has 0 aliphatic heterocycles. The third kappa shape index (κ3) is 3.81. The second-order valence-electron chi connectivity index (χ2n) is 6.42. The molecule has 0 spiro atoms. The Labute approximate surface area is 170 Å².